The Kier molecular flexibility index (Phi) is 6.05. The summed E-state index contributed by atoms with van der Waals surface area (Å²) >= 11 is 7.61. The van der Waals surface area contributed by atoms with Crippen LogP contribution in [0.5, 0.6) is 0 Å². The summed E-state index contributed by atoms with van der Waals surface area (Å²) in [6.07, 6.45) is -4.75. The number of amides is 1. The van der Waals surface area contributed by atoms with Gasteiger partial charge in [-0.2, -0.15) is 23.4 Å². The number of aromatic nitrogens is 5. The molecule has 0 bridgehead atoms. The lowest BCUT2D eigenvalue weighted by molar-refractivity contribution is -0.142. The molecule has 36 heavy (non-hydrogen) atoms. The number of nitrogens with one attached hydrogen (secondary N) is 1. The number of rotatable bonds is 5. The molecule has 4 aromatic heterocycles. The SMILES string of the molecule is Cc1nn(Cc2ccccc2)c(C)c1NC(=O)c1nn2c(C(F)(F)F)cc(-c3cccs3)nc2c1Cl. The molecule has 1 amide bonds. The number of fused-ring (bicyclic) bond motifs is 1. The standard InChI is InChI=1S/C24H18ClF3N6OS/c1-13-20(14(2)33(31-13)12-15-7-4-3-5-8-15)30-23(35)21-19(25)22-29-16(17-9-6-10-36-17)11-18(24(26,27)28)34(22)32-21/h3-11H,12H2,1-2H3,(H,30,35). The highest BCUT2D eigenvalue weighted by Gasteiger charge is 2.37. The van der Waals surface area contributed by atoms with Crippen molar-refractivity contribution >= 4 is 40.2 Å². The fourth-order valence-corrected chi connectivity index (χ4v) is 4.78. The van der Waals surface area contributed by atoms with Crippen molar-refractivity contribution < 1.29 is 18.0 Å². The third-order valence-electron chi connectivity index (χ3n) is 5.61. The molecule has 12 heteroatoms. The highest BCUT2D eigenvalue weighted by Crippen LogP contribution is 2.35. The van der Waals surface area contributed by atoms with Gasteiger partial charge in [-0.15, -0.1) is 11.3 Å². The number of hydrogen-bond donors (Lipinski definition) is 1. The number of carbonyl (C=O) groups excluding carboxylic acids is 1. The van der Waals surface area contributed by atoms with Gasteiger partial charge in [-0.3, -0.25) is 9.48 Å². The Labute approximate surface area is 212 Å². The second-order valence-corrected chi connectivity index (χ2v) is 9.37. The zero-order valence-electron chi connectivity index (χ0n) is 19.0. The second kappa shape index (κ2) is 9.07. The Balaban J connectivity index is 1.52. The Hall–Kier alpha value is -3.70. The van der Waals surface area contributed by atoms with Crippen LogP contribution in [0.15, 0.2) is 53.9 Å². The Morgan fingerprint density at radius 3 is 2.53 bits per heavy atom. The van der Waals surface area contributed by atoms with E-state index >= 15 is 0 Å². The van der Waals surface area contributed by atoms with E-state index in [0.717, 1.165) is 11.6 Å². The molecule has 0 atom stereocenters. The summed E-state index contributed by atoms with van der Waals surface area (Å²) in [7, 11) is 0. The number of carbonyl (C=O) groups is 1. The third kappa shape index (κ3) is 4.35. The van der Waals surface area contributed by atoms with Gasteiger partial charge in [0.1, 0.15) is 5.02 Å². The summed E-state index contributed by atoms with van der Waals surface area (Å²) in [5, 5.41) is 12.6. The predicted molar refractivity (Wildman–Crippen MR) is 132 cm³/mol. The van der Waals surface area contributed by atoms with Crippen LogP contribution in [0.3, 0.4) is 0 Å². The molecular formula is C24H18ClF3N6OS. The molecule has 5 rings (SSSR count). The zero-order chi connectivity index (χ0) is 25.6. The molecule has 0 radical (unpaired) electrons. The van der Waals surface area contributed by atoms with E-state index in [4.69, 9.17) is 11.6 Å². The van der Waals surface area contributed by atoms with Crippen molar-refractivity contribution in [2.75, 3.05) is 5.32 Å². The van der Waals surface area contributed by atoms with Gasteiger partial charge in [0.25, 0.3) is 5.91 Å². The first-order chi connectivity index (χ1) is 17.1. The van der Waals surface area contributed by atoms with Crippen molar-refractivity contribution in [2.24, 2.45) is 0 Å². The van der Waals surface area contributed by atoms with Crippen molar-refractivity contribution in [2.45, 2.75) is 26.6 Å². The fraction of sp³-hybridized carbons (Fsp3) is 0.167. The topological polar surface area (TPSA) is 77.1 Å². The van der Waals surface area contributed by atoms with E-state index in [1.54, 1.807) is 36.0 Å². The van der Waals surface area contributed by atoms with Crippen molar-refractivity contribution in [1.82, 2.24) is 24.4 Å². The molecule has 184 valence electrons. The summed E-state index contributed by atoms with van der Waals surface area (Å²) < 4.78 is 43.9. The van der Waals surface area contributed by atoms with Gasteiger partial charge >= 0.3 is 6.18 Å². The Bertz CT molecular complexity index is 1580. The quantitative estimate of drug-likeness (QED) is 0.291. The van der Waals surface area contributed by atoms with E-state index in [-0.39, 0.29) is 22.1 Å². The maximum absolute atomic E-state index is 13.9. The van der Waals surface area contributed by atoms with Crippen molar-refractivity contribution in [1.29, 1.82) is 0 Å². The number of benzene rings is 1. The van der Waals surface area contributed by atoms with Crippen LogP contribution in [0.25, 0.3) is 16.2 Å². The molecule has 1 aromatic carbocycles. The minimum Gasteiger partial charge on any atom is -0.317 e. The minimum atomic E-state index is -4.75. The van der Waals surface area contributed by atoms with E-state index in [2.05, 4.69) is 20.5 Å². The van der Waals surface area contributed by atoms with E-state index in [0.29, 0.717) is 33.0 Å². The Morgan fingerprint density at radius 2 is 1.86 bits per heavy atom. The van der Waals surface area contributed by atoms with Gasteiger partial charge in [-0.25, -0.2) is 9.50 Å². The smallest absolute Gasteiger partial charge is 0.317 e. The van der Waals surface area contributed by atoms with Gasteiger partial charge in [0, 0.05) is 0 Å². The fourth-order valence-electron chi connectivity index (χ4n) is 3.85. The van der Waals surface area contributed by atoms with Gasteiger partial charge in [0.15, 0.2) is 17.0 Å². The molecule has 0 fully saturated rings. The maximum Gasteiger partial charge on any atom is 0.433 e. The average molecular weight is 531 g/mol. The van der Waals surface area contributed by atoms with E-state index in [1.807, 2.05) is 30.3 Å². The molecule has 0 aliphatic rings. The van der Waals surface area contributed by atoms with Crippen LogP contribution in [0.1, 0.15) is 33.1 Å². The zero-order valence-corrected chi connectivity index (χ0v) is 20.5. The minimum absolute atomic E-state index is 0.0902. The van der Waals surface area contributed by atoms with Crippen LogP contribution >= 0.6 is 22.9 Å². The highest BCUT2D eigenvalue weighted by molar-refractivity contribution is 7.13. The highest BCUT2D eigenvalue weighted by atomic mass is 35.5. The summed E-state index contributed by atoms with van der Waals surface area (Å²) in [5.74, 6) is -0.762. The molecule has 0 saturated heterocycles. The van der Waals surface area contributed by atoms with Crippen molar-refractivity contribution in [3.05, 3.63) is 87.3 Å². The Morgan fingerprint density at radius 1 is 1.11 bits per heavy atom. The van der Waals surface area contributed by atoms with Crippen molar-refractivity contribution in [3.8, 4) is 10.6 Å². The number of halogens is 4. The molecule has 5 aromatic rings. The van der Waals surface area contributed by atoms with Crippen LogP contribution in [0, 0.1) is 13.8 Å². The number of alkyl halides is 3. The number of aryl methyl sites for hydroxylation is 1. The lowest BCUT2D eigenvalue weighted by Crippen LogP contribution is -2.16. The van der Waals surface area contributed by atoms with Crippen LogP contribution in [-0.4, -0.2) is 30.3 Å². The largest absolute Gasteiger partial charge is 0.433 e. The first kappa shape index (κ1) is 24.0. The number of nitrogens with zero attached hydrogens (tertiary/aromatic N) is 5. The molecule has 0 aliphatic carbocycles. The number of hydrogen-bond acceptors (Lipinski definition) is 5. The van der Waals surface area contributed by atoms with Gasteiger partial charge in [0.2, 0.25) is 0 Å². The average Bonchev–Trinajstić information content (AvgIpc) is 3.55. The summed E-state index contributed by atoms with van der Waals surface area (Å²) in [6.45, 7) is 4.01. The van der Waals surface area contributed by atoms with E-state index in [1.165, 1.54) is 11.3 Å². The molecule has 0 aliphatic heterocycles. The number of anilines is 1. The lowest BCUT2D eigenvalue weighted by Gasteiger charge is -2.10. The molecule has 0 unspecified atom stereocenters. The molecule has 0 spiro atoms. The summed E-state index contributed by atoms with van der Waals surface area (Å²) in [4.78, 5) is 17.9. The maximum atomic E-state index is 13.9. The van der Waals surface area contributed by atoms with E-state index in [9.17, 15) is 18.0 Å². The summed E-state index contributed by atoms with van der Waals surface area (Å²) in [5.41, 5.74) is 1.07. The molecular weight excluding hydrogens is 513 g/mol. The van der Waals surface area contributed by atoms with Crippen LogP contribution < -0.4 is 5.32 Å². The molecule has 0 saturated carbocycles. The summed E-state index contributed by atoms with van der Waals surface area (Å²) in [6, 6.07) is 13.9. The van der Waals surface area contributed by atoms with Gasteiger partial charge in [-0.05, 0) is 36.9 Å². The second-order valence-electron chi connectivity index (χ2n) is 8.04. The van der Waals surface area contributed by atoms with Crippen LogP contribution in [0.4, 0.5) is 18.9 Å². The van der Waals surface area contributed by atoms with Gasteiger partial charge in [0.05, 0.1) is 34.2 Å². The molecule has 7 nitrogen and oxygen atoms in total. The first-order valence-corrected chi connectivity index (χ1v) is 12.0. The monoisotopic (exact) mass is 530 g/mol. The molecule has 4 heterocycles. The normalized spacial score (nSPS) is 11.8. The third-order valence-corrected chi connectivity index (χ3v) is 6.85. The first-order valence-electron chi connectivity index (χ1n) is 10.7. The lowest BCUT2D eigenvalue weighted by atomic mass is 10.2. The van der Waals surface area contributed by atoms with Crippen LogP contribution in [0.2, 0.25) is 5.02 Å². The van der Waals surface area contributed by atoms with E-state index < -0.39 is 17.8 Å². The van der Waals surface area contributed by atoms with Crippen LogP contribution in [-0.2, 0) is 12.7 Å². The van der Waals surface area contributed by atoms with Gasteiger partial charge in [-0.1, -0.05) is 48.0 Å². The number of thiophene rings is 1. The van der Waals surface area contributed by atoms with Gasteiger partial charge < -0.3 is 5.32 Å². The van der Waals surface area contributed by atoms with Crippen molar-refractivity contribution in [3.63, 3.8) is 0 Å². The predicted octanol–water partition coefficient (Wildman–Crippen LogP) is 6.24. The molecule has 1 N–H and O–H groups in total.